The molecule has 0 aliphatic rings. The summed E-state index contributed by atoms with van der Waals surface area (Å²) in [7, 11) is 0. The molecule has 0 spiro atoms. The summed E-state index contributed by atoms with van der Waals surface area (Å²) in [6.07, 6.45) is 2.83. The number of rotatable bonds is 5. The molecule has 1 aromatic carbocycles. The largest absolute Gasteiger partial charge is 0.439 e. The summed E-state index contributed by atoms with van der Waals surface area (Å²) < 4.78 is 5.88. The Morgan fingerprint density at radius 3 is 2.63 bits per heavy atom. The third-order valence-corrected chi connectivity index (χ3v) is 3.54. The molecular weight excluding hydrogens is 258 g/mol. The molecule has 3 heteroatoms. The Morgan fingerprint density at radius 1 is 1.21 bits per heavy atom. The first kappa shape index (κ1) is 13.9. The summed E-state index contributed by atoms with van der Waals surface area (Å²) in [5.41, 5.74) is 2.21. The zero-order chi connectivity index (χ0) is 13.7. The number of hydrogen-bond donors (Lipinski definition) is 0. The second-order valence-corrected chi connectivity index (χ2v) is 4.85. The minimum atomic E-state index is 0.469. The molecule has 2 rings (SSSR count). The quantitative estimate of drug-likeness (QED) is 0.706. The third kappa shape index (κ3) is 3.48. The standard InChI is InChI=1S/C16H18ClNO/c1-3-12(2)14-6-4-5-7-15(14)19-16-9-8-13(10-17)11-18-16/h4-9,11-12H,3,10H2,1-2H3. The van der Waals surface area contributed by atoms with Crippen LogP contribution in [0.1, 0.15) is 37.3 Å². The van der Waals surface area contributed by atoms with E-state index >= 15 is 0 Å². The van der Waals surface area contributed by atoms with Gasteiger partial charge in [-0.25, -0.2) is 4.98 Å². The topological polar surface area (TPSA) is 22.1 Å². The summed E-state index contributed by atoms with van der Waals surface area (Å²) in [6.45, 7) is 4.38. The van der Waals surface area contributed by atoms with E-state index in [4.69, 9.17) is 16.3 Å². The summed E-state index contributed by atoms with van der Waals surface area (Å²) in [4.78, 5) is 4.26. The van der Waals surface area contributed by atoms with Gasteiger partial charge in [-0.1, -0.05) is 38.1 Å². The Kier molecular flexibility index (Phi) is 4.80. The molecule has 0 radical (unpaired) electrons. The van der Waals surface area contributed by atoms with Crippen LogP contribution in [0.4, 0.5) is 0 Å². The van der Waals surface area contributed by atoms with Crippen molar-refractivity contribution in [3.63, 3.8) is 0 Å². The Balaban J connectivity index is 2.22. The Morgan fingerprint density at radius 2 is 2.00 bits per heavy atom. The molecule has 0 saturated carbocycles. The average molecular weight is 276 g/mol. The van der Waals surface area contributed by atoms with Crippen LogP contribution < -0.4 is 4.74 Å². The molecule has 1 heterocycles. The number of pyridine rings is 1. The molecule has 1 aromatic heterocycles. The van der Waals surface area contributed by atoms with E-state index < -0.39 is 0 Å². The highest BCUT2D eigenvalue weighted by atomic mass is 35.5. The molecule has 19 heavy (non-hydrogen) atoms. The van der Waals surface area contributed by atoms with Crippen LogP contribution in [0.2, 0.25) is 0 Å². The van der Waals surface area contributed by atoms with E-state index in [1.807, 2.05) is 30.3 Å². The Bertz CT molecular complexity index is 525. The third-order valence-electron chi connectivity index (χ3n) is 3.23. The van der Waals surface area contributed by atoms with Gasteiger partial charge in [0.2, 0.25) is 5.88 Å². The lowest BCUT2D eigenvalue weighted by Crippen LogP contribution is -1.97. The fraction of sp³-hybridized carbons (Fsp3) is 0.312. The summed E-state index contributed by atoms with van der Waals surface area (Å²) in [5.74, 6) is 2.42. The van der Waals surface area contributed by atoms with Crippen molar-refractivity contribution in [3.05, 3.63) is 53.7 Å². The maximum absolute atomic E-state index is 5.88. The maximum atomic E-state index is 5.88. The molecule has 0 aliphatic heterocycles. The molecule has 2 aromatic rings. The van der Waals surface area contributed by atoms with Crippen molar-refractivity contribution in [1.29, 1.82) is 0 Å². The molecule has 0 fully saturated rings. The number of benzene rings is 1. The number of halogens is 1. The highest BCUT2D eigenvalue weighted by Gasteiger charge is 2.10. The van der Waals surface area contributed by atoms with E-state index in [2.05, 4.69) is 24.9 Å². The minimum Gasteiger partial charge on any atom is -0.439 e. The second kappa shape index (κ2) is 6.58. The highest BCUT2D eigenvalue weighted by molar-refractivity contribution is 6.17. The fourth-order valence-corrected chi connectivity index (χ4v) is 2.02. The lowest BCUT2D eigenvalue weighted by Gasteiger charge is -2.14. The number of hydrogen-bond acceptors (Lipinski definition) is 2. The molecule has 0 saturated heterocycles. The van der Waals surface area contributed by atoms with Crippen LogP contribution in [0.25, 0.3) is 0 Å². The van der Waals surface area contributed by atoms with E-state index in [0.29, 0.717) is 17.7 Å². The van der Waals surface area contributed by atoms with Crippen LogP contribution in [0.3, 0.4) is 0 Å². The van der Waals surface area contributed by atoms with Crippen molar-refractivity contribution in [2.24, 2.45) is 0 Å². The minimum absolute atomic E-state index is 0.469. The molecule has 0 N–H and O–H groups in total. The zero-order valence-corrected chi connectivity index (χ0v) is 12.0. The van der Waals surface area contributed by atoms with E-state index in [0.717, 1.165) is 17.7 Å². The van der Waals surface area contributed by atoms with Crippen LogP contribution in [0.5, 0.6) is 11.6 Å². The van der Waals surface area contributed by atoms with E-state index in [1.54, 1.807) is 6.20 Å². The zero-order valence-electron chi connectivity index (χ0n) is 11.3. The summed E-state index contributed by atoms with van der Waals surface area (Å²) in [5, 5.41) is 0. The number of ether oxygens (including phenoxy) is 1. The predicted molar refractivity (Wildman–Crippen MR) is 79.0 cm³/mol. The fourth-order valence-electron chi connectivity index (χ4n) is 1.86. The molecule has 0 aliphatic carbocycles. The molecule has 100 valence electrons. The smallest absolute Gasteiger partial charge is 0.219 e. The molecule has 1 atom stereocenters. The van der Waals surface area contributed by atoms with Gasteiger partial charge in [0.1, 0.15) is 5.75 Å². The van der Waals surface area contributed by atoms with Gasteiger partial charge in [0.15, 0.2) is 0 Å². The highest BCUT2D eigenvalue weighted by Crippen LogP contribution is 2.31. The van der Waals surface area contributed by atoms with Crippen molar-refractivity contribution in [2.75, 3.05) is 0 Å². The van der Waals surface area contributed by atoms with Gasteiger partial charge in [0, 0.05) is 18.1 Å². The van der Waals surface area contributed by atoms with Gasteiger partial charge in [0.25, 0.3) is 0 Å². The monoisotopic (exact) mass is 275 g/mol. The molecule has 1 unspecified atom stereocenters. The van der Waals surface area contributed by atoms with E-state index in [-0.39, 0.29) is 0 Å². The van der Waals surface area contributed by atoms with Crippen molar-refractivity contribution >= 4 is 11.6 Å². The second-order valence-electron chi connectivity index (χ2n) is 4.59. The van der Waals surface area contributed by atoms with Crippen molar-refractivity contribution < 1.29 is 4.74 Å². The van der Waals surface area contributed by atoms with Crippen LogP contribution >= 0.6 is 11.6 Å². The van der Waals surface area contributed by atoms with Gasteiger partial charge in [-0.3, -0.25) is 0 Å². The molecular formula is C16H18ClNO. The molecule has 2 nitrogen and oxygen atoms in total. The Hall–Kier alpha value is -1.54. The first-order chi connectivity index (χ1) is 9.24. The maximum Gasteiger partial charge on any atom is 0.219 e. The normalized spacial score (nSPS) is 12.2. The SMILES string of the molecule is CCC(C)c1ccccc1Oc1ccc(CCl)cn1. The first-order valence-corrected chi connectivity index (χ1v) is 7.05. The molecule has 0 bridgehead atoms. The van der Waals surface area contributed by atoms with Crippen LogP contribution in [0.15, 0.2) is 42.6 Å². The van der Waals surface area contributed by atoms with Gasteiger partial charge >= 0.3 is 0 Å². The summed E-state index contributed by atoms with van der Waals surface area (Å²) in [6, 6.07) is 11.9. The van der Waals surface area contributed by atoms with Crippen LogP contribution in [-0.4, -0.2) is 4.98 Å². The van der Waals surface area contributed by atoms with Crippen molar-refractivity contribution in [2.45, 2.75) is 32.1 Å². The van der Waals surface area contributed by atoms with Gasteiger partial charge < -0.3 is 4.74 Å². The number of nitrogens with zero attached hydrogens (tertiary/aromatic N) is 1. The van der Waals surface area contributed by atoms with Crippen molar-refractivity contribution in [3.8, 4) is 11.6 Å². The number of aromatic nitrogens is 1. The van der Waals surface area contributed by atoms with Gasteiger partial charge in [-0.2, -0.15) is 0 Å². The van der Waals surface area contributed by atoms with E-state index in [9.17, 15) is 0 Å². The van der Waals surface area contributed by atoms with Crippen LogP contribution in [-0.2, 0) is 5.88 Å². The Labute approximate surface area is 119 Å². The predicted octanol–water partition coefficient (Wildman–Crippen LogP) is 5.13. The number of alkyl halides is 1. The number of para-hydroxylation sites is 1. The van der Waals surface area contributed by atoms with Gasteiger partial charge in [-0.05, 0) is 29.5 Å². The lowest BCUT2D eigenvalue weighted by atomic mass is 9.98. The average Bonchev–Trinajstić information content (AvgIpc) is 2.48. The summed E-state index contributed by atoms with van der Waals surface area (Å²) >= 11 is 5.74. The van der Waals surface area contributed by atoms with Crippen molar-refractivity contribution in [1.82, 2.24) is 4.98 Å². The van der Waals surface area contributed by atoms with Gasteiger partial charge in [0.05, 0.1) is 0 Å². The van der Waals surface area contributed by atoms with Crippen LogP contribution in [0, 0.1) is 0 Å². The van der Waals surface area contributed by atoms with E-state index in [1.165, 1.54) is 5.56 Å². The lowest BCUT2D eigenvalue weighted by molar-refractivity contribution is 0.452. The first-order valence-electron chi connectivity index (χ1n) is 6.52. The van der Waals surface area contributed by atoms with Gasteiger partial charge in [-0.15, -0.1) is 11.6 Å². The molecule has 0 amide bonds.